The number of amidine groups is 1. The molecule has 4 nitrogen and oxygen atoms in total. The maximum Gasteiger partial charge on any atom is 0.274 e. The van der Waals surface area contributed by atoms with Crippen LogP contribution in [0.25, 0.3) is 0 Å². The normalized spacial score (nSPS) is 19.0. The van der Waals surface area contributed by atoms with Crippen LogP contribution in [0.5, 0.6) is 0 Å². The third kappa shape index (κ3) is 4.05. The Morgan fingerprint density at radius 2 is 1.79 bits per heavy atom. The molecule has 2 aliphatic rings. The molecule has 0 radical (unpaired) electrons. The summed E-state index contributed by atoms with van der Waals surface area (Å²) in [6.07, 6.45) is 0. The molecule has 0 saturated carbocycles. The maximum atomic E-state index is 13.7. The van der Waals surface area contributed by atoms with Gasteiger partial charge in [-0.05, 0) is 79.7 Å². The van der Waals surface area contributed by atoms with Crippen LogP contribution in [-0.2, 0) is 4.79 Å². The third-order valence-corrected chi connectivity index (χ3v) is 7.95. The first kappa shape index (κ1) is 22.1. The van der Waals surface area contributed by atoms with E-state index < -0.39 is 0 Å². The number of benzene rings is 3. The van der Waals surface area contributed by atoms with E-state index in [0.29, 0.717) is 27.3 Å². The Morgan fingerprint density at radius 1 is 1.03 bits per heavy atom. The number of anilines is 2. The van der Waals surface area contributed by atoms with E-state index in [4.69, 9.17) is 16.6 Å². The summed E-state index contributed by atoms with van der Waals surface area (Å²) in [7, 11) is 0. The van der Waals surface area contributed by atoms with Gasteiger partial charge < -0.3 is 4.90 Å². The number of fused-ring (bicyclic) bond motifs is 1. The molecule has 166 valence electrons. The lowest BCUT2D eigenvalue weighted by atomic mass is 10.2. The van der Waals surface area contributed by atoms with Crippen molar-refractivity contribution < 1.29 is 9.18 Å². The molecule has 0 aromatic heterocycles. The number of carbonyl (C=O) groups excluding carboxylic acids is 1. The number of aryl methyl sites for hydroxylation is 1. The predicted molar refractivity (Wildman–Crippen MR) is 137 cm³/mol. The van der Waals surface area contributed by atoms with Gasteiger partial charge in [0.05, 0.1) is 17.1 Å². The minimum absolute atomic E-state index is 0.182. The molecule has 33 heavy (non-hydrogen) atoms. The molecule has 5 rings (SSSR count). The highest BCUT2D eigenvalue weighted by molar-refractivity contribution is 8.20. The van der Waals surface area contributed by atoms with Gasteiger partial charge >= 0.3 is 0 Å². The zero-order chi connectivity index (χ0) is 23.1. The minimum atomic E-state index is -0.357. The van der Waals surface area contributed by atoms with Crippen molar-refractivity contribution in [2.45, 2.75) is 18.7 Å². The summed E-state index contributed by atoms with van der Waals surface area (Å²) in [5, 5.41) is 2.04. The van der Waals surface area contributed by atoms with Gasteiger partial charge in [0.2, 0.25) is 0 Å². The van der Waals surface area contributed by atoms with Gasteiger partial charge in [0.15, 0.2) is 5.17 Å². The number of para-hydroxylation sites is 1. The van der Waals surface area contributed by atoms with Gasteiger partial charge in [-0.1, -0.05) is 41.6 Å². The van der Waals surface area contributed by atoms with Crippen molar-refractivity contribution in [1.82, 2.24) is 0 Å². The van der Waals surface area contributed by atoms with E-state index in [9.17, 15) is 9.18 Å². The molecule has 8 heteroatoms. The average Bonchev–Trinajstić information content (AvgIpc) is 3.32. The molecule has 0 aliphatic carbocycles. The van der Waals surface area contributed by atoms with Crippen LogP contribution in [0.3, 0.4) is 0 Å². The number of hydrogen-bond acceptors (Lipinski definition) is 5. The van der Waals surface area contributed by atoms with Gasteiger partial charge in [-0.25, -0.2) is 9.38 Å². The van der Waals surface area contributed by atoms with Crippen LogP contribution in [0.1, 0.15) is 12.5 Å². The van der Waals surface area contributed by atoms with Crippen LogP contribution in [0, 0.1) is 12.7 Å². The number of nitrogens with zero attached hydrogens (tertiary/aromatic N) is 3. The second kappa shape index (κ2) is 8.89. The number of thioether (sulfide) groups is 2. The van der Waals surface area contributed by atoms with Crippen LogP contribution < -0.4 is 9.80 Å². The van der Waals surface area contributed by atoms with E-state index in [0.717, 1.165) is 26.9 Å². The molecule has 0 bridgehead atoms. The highest BCUT2D eigenvalue weighted by Gasteiger charge is 2.40. The van der Waals surface area contributed by atoms with Gasteiger partial charge in [0.25, 0.3) is 5.91 Å². The Hall–Kier alpha value is -2.74. The van der Waals surface area contributed by atoms with Crippen molar-refractivity contribution >= 4 is 63.3 Å². The molecule has 0 spiro atoms. The van der Waals surface area contributed by atoms with Gasteiger partial charge in [0.1, 0.15) is 15.8 Å². The zero-order valence-corrected chi connectivity index (χ0v) is 20.3. The molecule has 3 aromatic carbocycles. The third-order valence-electron chi connectivity index (χ3n) is 5.37. The van der Waals surface area contributed by atoms with E-state index in [1.54, 1.807) is 28.8 Å². The first-order valence-electron chi connectivity index (χ1n) is 10.4. The quantitative estimate of drug-likeness (QED) is 0.356. The minimum Gasteiger partial charge on any atom is -0.334 e. The van der Waals surface area contributed by atoms with Crippen LogP contribution in [-0.4, -0.2) is 17.6 Å². The van der Waals surface area contributed by atoms with Crippen molar-refractivity contribution in [2.24, 2.45) is 4.99 Å². The SMILES string of the molecule is CCN1C(=C2SC(=Nc3ccccc3C)N(c3ccc(F)cc3)C2=O)Sc2ccc(Cl)cc21. The number of halogens is 2. The second-order valence-corrected chi connectivity index (χ2v) is 9.94. The molecule has 0 unspecified atom stereocenters. The van der Waals surface area contributed by atoms with E-state index in [2.05, 4.69) is 4.90 Å². The number of hydrogen-bond donors (Lipinski definition) is 0. The number of aliphatic imine (C=N–C) groups is 1. The molecule has 1 fully saturated rings. The number of carbonyl (C=O) groups is 1. The standard InChI is InChI=1S/C25H19ClFN3OS2/c1-3-29-20-14-16(26)8-13-21(20)32-24(29)22-23(31)30(18-11-9-17(27)10-12-18)25(33-22)28-19-7-5-4-6-15(19)2/h4-14H,3H2,1-2H3. The summed E-state index contributed by atoms with van der Waals surface area (Å²) in [6.45, 7) is 4.71. The van der Waals surface area contributed by atoms with Crippen molar-refractivity contribution in [2.75, 3.05) is 16.3 Å². The van der Waals surface area contributed by atoms with E-state index in [1.807, 2.05) is 56.3 Å². The molecule has 2 aliphatic heterocycles. The molecule has 0 atom stereocenters. The predicted octanol–water partition coefficient (Wildman–Crippen LogP) is 7.36. The van der Waals surface area contributed by atoms with Gasteiger partial charge in [-0.2, -0.15) is 0 Å². The fourth-order valence-electron chi connectivity index (χ4n) is 3.73. The monoisotopic (exact) mass is 495 g/mol. The lowest BCUT2D eigenvalue weighted by Crippen LogP contribution is -2.29. The van der Waals surface area contributed by atoms with Crippen LogP contribution in [0.15, 0.2) is 86.6 Å². The smallest absolute Gasteiger partial charge is 0.274 e. The van der Waals surface area contributed by atoms with Crippen LogP contribution in [0.2, 0.25) is 5.02 Å². The topological polar surface area (TPSA) is 35.9 Å². The molecular formula is C25H19ClFN3OS2. The van der Waals surface area contributed by atoms with E-state index in [-0.39, 0.29) is 11.7 Å². The Balaban J connectivity index is 1.64. The highest BCUT2D eigenvalue weighted by atomic mass is 35.5. The molecule has 1 amide bonds. The Bertz CT molecular complexity index is 1320. The molecule has 3 aromatic rings. The van der Waals surface area contributed by atoms with Gasteiger partial charge in [-0.15, -0.1) is 0 Å². The molecule has 2 heterocycles. The molecular weight excluding hydrogens is 477 g/mol. The number of amides is 1. The second-order valence-electron chi connectivity index (χ2n) is 7.49. The van der Waals surface area contributed by atoms with E-state index >= 15 is 0 Å². The summed E-state index contributed by atoms with van der Waals surface area (Å²) >= 11 is 9.13. The Labute approximate surface area is 205 Å². The summed E-state index contributed by atoms with van der Waals surface area (Å²) in [5.74, 6) is -0.538. The zero-order valence-electron chi connectivity index (χ0n) is 17.9. The molecule has 0 N–H and O–H groups in total. The van der Waals surface area contributed by atoms with Crippen molar-refractivity contribution in [3.8, 4) is 0 Å². The highest BCUT2D eigenvalue weighted by Crippen LogP contribution is 2.51. The average molecular weight is 496 g/mol. The van der Waals surface area contributed by atoms with Gasteiger partial charge in [0, 0.05) is 16.5 Å². The fourth-order valence-corrected chi connectivity index (χ4v) is 6.26. The number of rotatable bonds is 3. The van der Waals surface area contributed by atoms with Crippen molar-refractivity contribution in [3.05, 3.63) is 93.1 Å². The Morgan fingerprint density at radius 3 is 2.52 bits per heavy atom. The summed E-state index contributed by atoms with van der Waals surface area (Å²) < 4.78 is 13.6. The van der Waals surface area contributed by atoms with Crippen molar-refractivity contribution in [3.63, 3.8) is 0 Å². The maximum absolute atomic E-state index is 13.7. The largest absolute Gasteiger partial charge is 0.334 e. The van der Waals surface area contributed by atoms with E-state index in [1.165, 1.54) is 23.9 Å². The summed E-state index contributed by atoms with van der Waals surface area (Å²) in [4.78, 5) is 23.9. The molecule has 1 saturated heterocycles. The first-order chi connectivity index (χ1) is 16.0. The van der Waals surface area contributed by atoms with Crippen molar-refractivity contribution in [1.29, 1.82) is 0 Å². The van der Waals surface area contributed by atoms with Gasteiger partial charge in [-0.3, -0.25) is 9.69 Å². The first-order valence-corrected chi connectivity index (χ1v) is 12.4. The summed E-state index contributed by atoms with van der Waals surface area (Å²) in [5.41, 5.74) is 3.35. The van der Waals surface area contributed by atoms with Crippen LogP contribution >= 0.6 is 35.1 Å². The Kier molecular flexibility index (Phi) is 5.95. The summed E-state index contributed by atoms with van der Waals surface area (Å²) in [6, 6.07) is 19.4. The lowest BCUT2D eigenvalue weighted by molar-refractivity contribution is -0.113. The van der Waals surface area contributed by atoms with Crippen LogP contribution in [0.4, 0.5) is 21.5 Å². The fraction of sp³-hybridized carbons (Fsp3) is 0.120. The lowest BCUT2D eigenvalue weighted by Gasteiger charge is -2.19.